The van der Waals surface area contributed by atoms with Crippen LogP contribution in [0.4, 0.5) is 35.9 Å². The number of anilines is 4. The van der Waals surface area contributed by atoms with Gasteiger partial charge in [-0.1, -0.05) is 12.1 Å². The number of nitrogen functional groups attached to an aromatic ring is 2. The zero-order valence-electron chi connectivity index (χ0n) is 22.6. The van der Waals surface area contributed by atoms with Crippen molar-refractivity contribution in [2.24, 2.45) is 0 Å². The molecular weight excluding hydrogens is 533 g/mol. The van der Waals surface area contributed by atoms with Crippen LogP contribution < -0.4 is 26.8 Å². The van der Waals surface area contributed by atoms with Crippen molar-refractivity contribution in [3.8, 4) is 11.5 Å². The van der Waals surface area contributed by atoms with Crippen LogP contribution in [0.3, 0.4) is 0 Å². The summed E-state index contributed by atoms with van der Waals surface area (Å²) in [7, 11) is 1.63. The Hall–Kier alpha value is -4.99. The molecule has 0 aromatic heterocycles. The molecule has 0 heterocycles. The maximum absolute atomic E-state index is 14.5. The molecule has 0 bridgehead atoms. The van der Waals surface area contributed by atoms with E-state index in [1.807, 2.05) is 0 Å². The number of Topliss-reactive ketones (excluding diaryl/α,β-unsaturated/α-hetero) is 1. The number of carbonyl (C=O) groups is 2. The average Bonchev–Trinajstić information content (AvgIpc) is 2.93. The Balaban J connectivity index is 1.52. The summed E-state index contributed by atoms with van der Waals surface area (Å²) in [5.41, 5.74) is 11.2. The summed E-state index contributed by atoms with van der Waals surface area (Å²) >= 11 is 0. The van der Waals surface area contributed by atoms with Gasteiger partial charge in [-0.15, -0.1) is 0 Å². The number of halogens is 3. The summed E-state index contributed by atoms with van der Waals surface area (Å²) in [6.45, 7) is 2.54. The van der Waals surface area contributed by atoms with Gasteiger partial charge in [-0.3, -0.25) is 9.59 Å². The second-order valence-corrected chi connectivity index (χ2v) is 9.64. The molecule has 212 valence electrons. The molecule has 0 aliphatic rings. The van der Waals surface area contributed by atoms with Gasteiger partial charge in [0.05, 0.1) is 22.7 Å². The first-order valence-electron chi connectivity index (χ1n) is 12.6. The maximum Gasteiger partial charge on any atom is 0.402 e. The van der Waals surface area contributed by atoms with Crippen molar-refractivity contribution in [2.75, 3.05) is 29.1 Å². The van der Waals surface area contributed by atoms with Crippen LogP contribution in [-0.4, -0.2) is 24.9 Å². The van der Waals surface area contributed by atoms with Crippen molar-refractivity contribution in [1.29, 1.82) is 0 Å². The van der Waals surface area contributed by atoms with Crippen LogP contribution in [0.25, 0.3) is 0 Å². The first-order chi connectivity index (χ1) is 19.3. The molecule has 4 aromatic carbocycles. The third kappa shape index (κ3) is 5.96. The van der Waals surface area contributed by atoms with Crippen molar-refractivity contribution in [2.45, 2.75) is 25.4 Å². The van der Waals surface area contributed by atoms with Gasteiger partial charge in [0.2, 0.25) is 0 Å². The second kappa shape index (κ2) is 11.2. The summed E-state index contributed by atoms with van der Waals surface area (Å²) in [5, 5.41) is 5.48. The number of nitrogens with one attached hydrogen (secondary N) is 2. The van der Waals surface area contributed by atoms with Crippen molar-refractivity contribution in [3.63, 3.8) is 0 Å². The van der Waals surface area contributed by atoms with Crippen LogP contribution in [0.1, 0.15) is 45.7 Å². The molecular formula is C31H29F3N4O3. The summed E-state index contributed by atoms with van der Waals surface area (Å²) in [6.07, 6.45) is -4.67. The number of amides is 1. The normalized spacial score (nSPS) is 12.7. The number of ether oxygens (including phenoxy) is 1. The molecule has 0 spiro atoms. The molecule has 0 aliphatic carbocycles. The molecule has 0 radical (unpaired) electrons. The van der Waals surface area contributed by atoms with Gasteiger partial charge in [-0.25, -0.2) is 0 Å². The SMILES string of the molecule is CNc1ccc(C(C)(c2ccc(NC(=O)c3ccc(Oc4ccc(C(C)=O)cc4)cc3)c(N)c2)C(F)(F)F)cc1N. The molecule has 4 rings (SSSR count). The number of hydrogen-bond donors (Lipinski definition) is 4. The van der Waals surface area contributed by atoms with Crippen LogP contribution in [0.15, 0.2) is 84.9 Å². The lowest BCUT2D eigenvalue weighted by Crippen LogP contribution is -2.40. The molecule has 1 unspecified atom stereocenters. The molecule has 1 atom stereocenters. The van der Waals surface area contributed by atoms with E-state index in [2.05, 4.69) is 10.6 Å². The molecule has 41 heavy (non-hydrogen) atoms. The molecule has 0 saturated heterocycles. The molecule has 1 amide bonds. The van der Waals surface area contributed by atoms with Crippen LogP contribution in [0, 0.1) is 0 Å². The minimum atomic E-state index is -4.67. The smallest absolute Gasteiger partial charge is 0.402 e. The molecule has 0 fully saturated rings. The number of nitrogens with two attached hydrogens (primary N) is 2. The van der Waals surface area contributed by atoms with Crippen molar-refractivity contribution < 1.29 is 27.5 Å². The lowest BCUT2D eigenvalue weighted by molar-refractivity contribution is -0.173. The lowest BCUT2D eigenvalue weighted by Gasteiger charge is -2.34. The fourth-order valence-electron chi connectivity index (χ4n) is 4.35. The number of alkyl halides is 3. The summed E-state index contributed by atoms with van der Waals surface area (Å²) in [4.78, 5) is 24.3. The predicted molar refractivity (Wildman–Crippen MR) is 155 cm³/mol. The van der Waals surface area contributed by atoms with Gasteiger partial charge >= 0.3 is 6.18 Å². The van der Waals surface area contributed by atoms with E-state index in [1.54, 1.807) is 55.6 Å². The Bertz CT molecular complexity index is 1590. The average molecular weight is 563 g/mol. The van der Waals surface area contributed by atoms with E-state index in [-0.39, 0.29) is 39.5 Å². The first-order valence-corrected chi connectivity index (χ1v) is 12.6. The highest BCUT2D eigenvalue weighted by Crippen LogP contribution is 2.48. The Morgan fingerprint density at radius 3 is 1.61 bits per heavy atom. The Labute approximate surface area is 235 Å². The Morgan fingerprint density at radius 2 is 1.20 bits per heavy atom. The summed E-state index contributed by atoms with van der Waals surface area (Å²) < 4.78 is 49.2. The van der Waals surface area contributed by atoms with Crippen LogP contribution in [-0.2, 0) is 5.41 Å². The van der Waals surface area contributed by atoms with E-state index in [4.69, 9.17) is 16.2 Å². The zero-order valence-corrected chi connectivity index (χ0v) is 22.6. The fraction of sp³-hybridized carbons (Fsp3) is 0.161. The fourth-order valence-corrected chi connectivity index (χ4v) is 4.35. The minimum absolute atomic E-state index is 0.0277. The lowest BCUT2D eigenvalue weighted by atomic mass is 9.75. The van der Waals surface area contributed by atoms with Gasteiger partial charge in [0.15, 0.2) is 5.78 Å². The molecule has 7 nitrogen and oxygen atoms in total. The van der Waals surface area contributed by atoms with E-state index in [0.29, 0.717) is 22.7 Å². The topological polar surface area (TPSA) is 119 Å². The van der Waals surface area contributed by atoms with E-state index < -0.39 is 17.5 Å². The molecule has 0 aliphatic heterocycles. The third-order valence-corrected chi connectivity index (χ3v) is 6.96. The number of ketones is 1. The predicted octanol–water partition coefficient (Wildman–Crippen LogP) is 7.01. The third-order valence-electron chi connectivity index (χ3n) is 6.96. The Kier molecular flexibility index (Phi) is 7.95. The molecule has 4 aromatic rings. The van der Waals surface area contributed by atoms with Crippen LogP contribution >= 0.6 is 0 Å². The summed E-state index contributed by atoms with van der Waals surface area (Å²) in [6, 6.07) is 20.9. The van der Waals surface area contributed by atoms with Crippen molar-refractivity contribution in [3.05, 3.63) is 107 Å². The Morgan fingerprint density at radius 1 is 0.732 bits per heavy atom. The van der Waals surface area contributed by atoms with E-state index in [1.165, 1.54) is 43.3 Å². The van der Waals surface area contributed by atoms with Gasteiger partial charge in [-0.05, 0) is 97.8 Å². The highest BCUT2D eigenvalue weighted by molar-refractivity contribution is 6.05. The monoisotopic (exact) mass is 562 g/mol. The van der Waals surface area contributed by atoms with E-state index in [0.717, 1.165) is 6.92 Å². The largest absolute Gasteiger partial charge is 0.457 e. The van der Waals surface area contributed by atoms with Gasteiger partial charge in [0.25, 0.3) is 5.91 Å². The van der Waals surface area contributed by atoms with Gasteiger partial charge in [-0.2, -0.15) is 13.2 Å². The van der Waals surface area contributed by atoms with Gasteiger partial charge in [0.1, 0.15) is 16.9 Å². The number of hydrogen-bond acceptors (Lipinski definition) is 6. The number of rotatable bonds is 8. The van der Waals surface area contributed by atoms with E-state index in [9.17, 15) is 22.8 Å². The maximum atomic E-state index is 14.5. The number of benzene rings is 4. The van der Waals surface area contributed by atoms with Crippen LogP contribution in [0.2, 0.25) is 0 Å². The van der Waals surface area contributed by atoms with Gasteiger partial charge in [0, 0.05) is 18.2 Å². The zero-order chi connectivity index (χ0) is 29.9. The van der Waals surface area contributed by atoms with Gasteiger partial charge < -0.3 is 26.8 Å². The van der Waals surface area contributed by atoms with Crippen LogP contribution in [0.5, 0.6) is 11.5 Å². The molecule has 10 heteroatoms. The minimum Gasteiger partial charge on any atom is -0.457 e. The number of carbonyl (C=O) groups excluding carboxylic acids is 2. The van der Waals surface area contributed by atoms with Crippen molar-refractivity contribution in [1.82, 2.24) is 0 Å². The second-order valence-electron chi connectivity index (χ2n) is 9.64. The highest BCUT2D eigenvalue weighted by Gasteiger charge is 2.53. The first kappa shape index (κ1) is 29.0. The molecule has 0 saturated carbocycles. The van der Waals surface area contributed by atoms with E-state index >= 15 is 0 Å². The van der Waals surface area contributed by atoms with Crippen molar-refractivity contribution >= 4 is 34.4 Å². The quantitative estimate of drug-likeness (QED) is 0.136. The standard InChI is InChI=1S/C31H29F3N4O3/c1-18(39)19-4-10-23(11-5-19)41-24-12-6-20(7-13-24)29(40)38-28-15-9-22(17-26(28)36)30(2,31(32,33)34)21-8-14-27(37-3)25(35)16-21/h4-17,37H,35-36H2,1-3H3,(H,38,40). The highest BCUT2D eigenvalue weighted by atomic mass is 19.4. The molecule has 6 N–H and O–H groups in total. The summed E-state index contributed by atoms with van der Waals surface area (Å²) in [5.74, 6) is 0.430.